The van der Waals surface area contributed by atoms with Crippen molar-refractivity contribution in [2.24, 2.45) is 0 Å². The molecule has 0 radical (unpaired) electrons. The molecule has 4 nitrogen and oxygen atoms in total. The summed E-state index contributed by atoms with van der Waals surface area (Å²) < 4.78 is 10.8. The van der Waals surface area contributed by atoms with E-state index < -0.39 is 20.5 Å². The monoisotopic (exact) mass is 250 g/mol. The van der Waals surface area contributed by atoms with E-state index in [9.17, 15) is 5.11 Å². The number of aliphatic hydroxyl groups excluding tert-OH is 2. The van der Waals surface area contributed by atoms with Crippen LogP contribution in [0, 0.1) is 0 Å². The van der Waals surface area contributed by atoms with Crippen molar-refractivity contribution in [1.29, 1.82) is 0 Å². The molecule has 2 N–H and O–H groups in total. The Kier molecular flexibility index (Phi) is 8.22. The van der Waals surface area contributed by atoms with Crippen LogP contribution in [-0.4, -0.2) is 51.1 Å². The van der Waals surface area contributed by atoms with Crippen LogP contribution in [0.3, 0.4) is 0 Å². The highest BCUT2D eigenvalue weighted by atomic mass is 28.4. The normalized spacial score (nSPS) is 19.1. The van der Waals surface area contributed by atoms with E-state index in [1.807, 2.05) is 0 Å². The van der Waals surface area contributed by atoms with Crippen molar-refractivity contribution in [3.8, 4) is 0 Å². The molecule has 0 aliphatic rings. The predicted molar refractivity (Wildman–Crippen MR) is 67.0 cm³/mol. The van der Waals surface area contributed by atoms with Gasteiger partial charge in [-0.25, -0.2) is 0 Å². The zero-order chi connectivity index (χ0) is 12.6. The maximum atomic E-state index is 9.29. The Bertz CT molecular complexity index is 171. The van der Waals surface area contributed by atoms with E-state index in [4.69, 9.17) is 14.3 Å². The lowest BCUT2D eigenvalue weighted by Gasteiger charge is -2.23. The molecule has 0 aromatic heterocycles. The van der Waals surface area contributed by atoms with Crippen molar-refractivity contribution in [3.05, 3.63) is 0 Å². The summed E-state index contributed by atoms with van der Waals surface area (Å²) in [4.78, 5) is 0. The van der Waals surface area contributed by atoms with Crippen molar-refractivity contribution in [1.82, 2.24) is 0 Å². The van der Waals surface area contributed by atoms with Gasteiger partial charge in [-0.1, -0.05) is 6.92 Å². The van der Waals surface area contributed by atoms with E-state index in [1.54, 1.807) is 14.0 Å². The Labute approximate surface area is 99.7 Å². The summed E-state index contributed by atoms with van der Waals surface area (Å²) in [6.45, 7) is 6.76. The van der Waals surface area contributed by atoms with E-state index in [1.165, 1.54) is 0 Å². The van der Waals surface area contributed by atoms with Crippen molar-refractivity contribution < 1.29 is 19.4 Å². The molecule has 0 saturated heterocycles. The molecule has 0 amide bonds. The topological polar surface area (TPSA) is 58.9 Å². The molecule has 0 saturated carbocycles. The fraction of sp³-hybridized carbons (Fsp3) is 1.00. The molecule has 16 heavy (non-hydrogen) atoms. The fourth-order valence-corrected chi connectivity index (χ4v) is 3.05. The van der Waals surface area contributed by atoms with Crippen molar-refractivity contribution >= 4 is 8.32 Å². The first-order valence-corrected chi connectivity index (χ1v) is 8.76. The summed E-state index contributed by atoms with van der Waals surface area (Å²) in [6, 6.07) is 2.19. The summed E-state index contributed by atoms with van der Waals surface area (Å²) in [5.41, 5.74) is 0. The van der Waals surface area contributed by atoms with Crippen LogP contribution in [0.5, 0.6) is 0 Å². The number of hydrogen-bond acceptors (Lipinski definition) is 4. The van der Waals surface area contributed by atoms with Crippen LogP contribution in [0.1, 0.15) is 20.3 Å². The average molecular weight is 250 g/mol. The summed E-state index contributed by atoms with van der Waals surface area (Å²) in [7, 11) is 0.297. The van der Waals surface area contributed by atoms with Crippen molar-refractivity contribution in [2.45, 2.75) is 51.1 Å². The lowest BCUT2D eigenvalue weighted by atomic mass is 10.2. The maximum Gasteiger partial charge on any atom is 0.189 e. The molecule has 0 bridgehead atoms. The molecule has 0 heterocycles. The van der Waals surface area contributed by atoms with Crippen LogP contribution in [-0.2, 0) is 9.16 Å². The van der Waals surface area contributed by atoms with Gasteiger partial charge >= 0.3 is 0 Å². The highest BCUT2D eigenvalue weighted by Gasteiger charge is 2.24. The zero-order valence-electron chi connectivity index (χ0n) is 10.9. The molecule has 5 heteroatoms. The molecule has 0 rings (SSSR count). The van der Waals surface area contributed by atoms with Gasteiger partial charge < -0.3 is 19.4 Å². The van der Waals surface area contributed by atoms with E-state index >= 15 is 0 Å². The Hall–Kier alpha value is 0.0569. The van der Waals surface area contributed by atoms with Gasteiger partial charge in [0.2, 0.25) is 0 Å². The molecule has 0 aromatic carbocycles. The number of ether oxygens (including phenoxy) is 1. The van der Waals surface area contributed by atoms with Gasteiger partial charge in [0.15, 0.2) is 8.32 Å². The molecule has 0 aliphatic carbocycles. The van der Waals surface area contributed by atoms with Gasteiger partial charge in [-0.05, 0) is 32.0 Å². The molecule has 0 spiro atoms. The third-order valence-corrected chi connectivity index (χ3v) is 6.97. The largest absolute Gasteiger partial charge is 0.420 e. The Balaban J connectivity index is 3.53. The van der Waals surface area contributed by atoms with E-state index in [0.29, 0.717) is 6.61 Å². The van der Waals surface area contributed by atoms with Crippen LogP contribution in [0.25, 0.3) is 0 Å². The highest BCUT2D eigenvalue weighted by molar-refractivity contribution is 6.72. The van der Waals surface area contributed by atoms with Gasteiger partial charge in [-0.2, -0.15) is 0 Å². The second-order valence-corrected chi connectivity index (χ2v) is 9.01. The predicted octanol–water partition coefficient (Wildman–Crippen LogP) is 1.38. The lowest BCUT2D eigenvalue weighted by molar-refractivity contribution is -0.0302. The molecule has 0 aliphatic heterocycles. The van der Waals surface area contributed by atoms with Crippen LogP contribution in [0.2, 0.25) is 18.6 Å². The summed E-state index contributed by atoms with van der Waals surface area (Å²) in [5, 5.41) is 18.3. The standard InChI is InChI=1S/C11H26O4Si/c1-5-16(4,14-3)8-6-7-15-9-11(13)10(2)12/h10-13H,5-9H2,1-4H3. The average Bonchev–Trinajstić information content (AvgIpc) is 2.27. The van der Waals surface area contributed by atoms with Crippen molar-refractivity contribution in [2.75, 3.05) is 20.3 Å². The van der Waals surface area contributed by atoms with Crippen molar-refractivity contribution in [3.63, 3.8) is 0 Å². The van der Waals surface area contributed by atoms with Gasteiger partial charge in [0.1, 0.15) is 6.10 Å². The third-order valence-electron chi connectivity index (χ3n) is 3.08. The first kappa shape index (κ1) is 16.1. The second-order valence-electron chi connectivity index (χ2n) is 4.49. The van der Waals surface area contributed by atoms with Crippen LogP contribution < -0.4 is 0 Å². The third kappa shape index (κ3) is 6.60. The molecular formula is C11H26O4Si. The minimum absolute atomic E-state index is 0.203. The van der Waals surface area contributed by atoms with Gasteiger partial charge in [0, 0.05) is 13.7 Å². The van der Waals surface area contributed by atoms with E-state index in [-0.39, 0.29) is 6.61 Å². The fourth-order valence-electron chi connectivity index (χ4n) is 1.31. The maximum absolute atomic E-state index is 9.29. The first-order valence-electron chi connectivity index (χ1n) is 5.94. The van der Waals surface area contributed by atoms with E-state index in [2.05, 4.69) is 13.5 Å². The van der Waals surface area contributed by atoms with Crippen LogP contribution >= 0.6 is 0 Å². The minimum atomic E-state index is -1.49. The summed E-state index contributed by atoms with van der Waals surface area (Å²) in [6.07, 6.45) is -0.553. The van der Waals surface area contributed by atoms with Gasteiger partial charge in [0.25, 0.3) is 0 Å². The molecule has 0 aromatic rings. The zero-order valence-corrected chi connectivity index (χ0v) is 11.9. The highest BCUT2D eigenvalue weighted by Crippen LogP contribution is 2.17. The van der Waals surface area contributed by atoms with Gasteiger partial charge in [-0.15, -0.1) is 0 Å². The smallest absolute Gasteiger partial charge is 0.189 e. The van der Waals surface area contributed by atoms with Crippen LogP contribution in [0.4, 0.5) is 0 Å². The Morgan fingerprint density at radius 2 is 1.94 bits per heavy atom. The minimum Gasteiger partial charge on any atom is -0.420 e. The second kappa shape index (κ2) is 8.19. The Morgan fingerprint density at radius 1 is 1.31 bits per heavy atom. The number of rotatable bonds is 9. The molecule has 0 fully saturated rings. The summed E-state index contributed by atoms with van der Waals surface area (Å²) >= 11 is 0. The molecule has 3 atom stereocenters. The number of aliphatic hydroxyl groups is 2. The molecule has 98 valence electrons. The van der Waals surface area contributed by atoms with E-state index in [0.717, 1.165) is 18.5 Å². The molecular weight excluding hydrogens is 224 g/mol. The Morgan fingerprint density at radius 3 is 2.38 bits per heavy atom. The lowest BCUT2D eigenvalue weighted by Crippen LogP contribution is -2.32. The summed E-state index contributed by atoms with van der Waals surface area (Å²) in [5.74, 6) is 0. The number of hydrogen-bond donors (Lipinski definition) is 2. The quantitative estimate of drug-likeness (QED) is 0.479. The SMILES string of the molecule is CC[Si](C)(CCCOCC(O)C(C)O)OC. The first-order chi connectivity index (χ1) is 7.45. The van der Waals surface area contributed by atoms with Gasteiger partial charge in [0.05, 0.1) is 12.7 Å². The van der Waals surface area contributed by atoms with Crippen LogP contribution in [0.15, 0.2) is 0 Å². The molecule has 3 unspecified atom stereocenters. The van der Waals surface area contributed by atoms with Gasteiger partial charge in [-0.3, -0.25) is 0 Å².